The monoisotopic (exact) mass is 398 g/mol. The van der Waals surface area contributed by atoms with Gasteiger partial charge in [0.2, 0.25) is 5.89 Å². The Bertz CT molecular complexity index is 805. The average molecular weight is 399 g/mol. The molecular weight excluding hydrogens is 364 g/mol. The number of nitrogens with zero attached hydrogens (tertiary/aromatic N) is 2. The molecule has 2 N–H and O–H groups in total. The topological polar surface area (TPSA) is 71.7 Å². The maximum Gasteiger partial charge on any atom is 0.226 e. The Morgan fingerprint density at radius 1 is 1.21 bits per heavy atom. The predicted octanol–water partition coefficient (Wildman–Crippen LogP) is 4.16. The van der Waals surface area contributed by atoms with E-state index in [1.54, 1.807) is 13.3 Å². The standard InChI is InChI=1S/C23H34N4O2/c1-16-8-10-17(11-9-16)21-27-19(15-29-21)14-26-22(24-5)25-13-18-7-6-12-28-20(18)23(2,3)4/h8-11,15,18,20H,6-7,12-14H2,1-5H3,(H2,24,25,26). The number of nitrogens with one attached hydrogen (secondary N) is 2. The van der Waals surface area contributed by atoms with Gasteiger partial charge in [0.15, 0.2) is 5.96 Å². The van der Waals surface area contributed by atoms with Crippen molar-refractivity contribution in [2.24, 2.45) is 16.3 Å². The summed E-state index contributed by atoms with van der Waals surface area (Å²) in [5.41, 5.74) is 3.18. The van der Waals surface area contributed by atoms with Crippen molar-refractivity contribution in [3.63, 3.8) is 0 Å². The fraction of sp³-hybridized carbons (Fsp3) is 0.565. The first-order chi connectivity index (χ1) is 13.9. The second-order valence-corrected chi connectivity index (χ2v) is 8.88. The molecule has 1 aliphatic rings. The first-order valence-corrected chi connectivity index (χ1v) is 10.4. The molecule has 3 rings (SSSR count). The fourth-order valence-electron chi connectivity index (χ4n) is 3.85. The molecule has 0 spiro atoms. The van der Waals surface area contributed by atoms with Gasteiger partial charge in [0, 0.05) is 31.7 Å². The van der Waals surface area contributed by atoms with Crippen LogP contribution >= 0.6 is 0 Å². The van der Waals surface area contributed by atoms with Gasteiger partial charge in [-0.25, -0.2) is 4.98 Å². The van der Waals surface area contributed by atoms with Crippen LogP contribution in [0, 0.1) is 18.3 Å². The average Bonchev–Trinajstić information content (AvgIpc) is 3.17. The molecule has 2 aromatic rings. The molecule has 0 bridgehead atoms. The Morgan fingerprint density at radius 3 is 2.66 bits per heavy atom. The Kier molecular flexibility index (Phi) is 6.96. The van der Waals surface area contributed by atoms with E-state index in [9.17, 15) is 0 Å². The van der Waals surface area contributed by atoms with Crippen molar-refractivity contribution in [1.29, 1.82) is 0 Å². The molecule has 29 heavy (non-hydrogen) atoms. The summed E-state index contributed by atoms with van der Waals surface area (Å²) in [5, 5.41) is 6.79. The predicted molar refractivity (Wildman–Crippen MR) is 117 cm³/mol. The maximum atomic E-state index is 6.08. The Hall–Kier alpha value is -2.34. The lowest BCUT2D eigenvalue weighted by Gasteiger charge is -2.40. The SMILES string of the molecule is CN=C(NCc1coc(-c2ccc(C)cc2)n1)NCC1CCCOC1C(C)(C)C. The van der Waals surface area contributed by atoms with Crippen molar-refractivity contribution in [2.75, 3.05) is 20.2 Å². The van der Waals surface area contributed by atoms with Crippen LogP contribution in [-0.2, 0) is 11.3 Å². The summed E-state index contributed by atoms with van der Waals surface area (Å²) in [6.45, 7) is 11.1. The highest BCUT2D eigenvalue weighted by atomic mass is 16.5. The van der Waals surface area contributed by atoms with E-state index >= 15 is 0 Å². The molecule has 1 fully saturated rings. The summed E-state index contributed by atoms with van der Waals surface area (Å²) in [5.74, 6) is 1.88. The summed E-state index contributed by atoms with van der Waals surface area (Å²) in [6, 6.07) is 8.17. The summed E-state index contributed by atoms with van der Waals surface area (Å²) < 4.78 is 11.7. The molecule has 6 heteroatoms. The van der Waals surface area contributed by atoms with Gasteiger partial charge in [0.1, 0.15) is 6.26 Å². The molecule has 0 amide bonds. The minimum absolute atomic E-state index is 0.136. The highest BCUT2D eigenvalue weighted by molar-refractivity contribution is 5.79. The number of guanidine groups is 1. The number of ether oxygens (including phenoxy) is 1. The molecule has 2 unspecified atom stereocenters. The van der Waals surface area contributed by atoms with E-state index in [0.29, 0.717) is 18.4 Å². The van der Waals surface area contributed by atoms with Gasteiger partial charge in [-0.15, -0.1) is 0 Å². The quantitative estimate of drug-likeness (QED) is 0.585. The van der Waals surface area contributed by atoms with Crippen molar-refractivity contribution in [1.82, 2.24) is 15.6 Å². The van der Waals surface area contributed by atoms with E-state index in [2.05, 4.69) is 60.4 Å². The van der Waals surface area contributed by atoms with E-state index in [-0.39, 0.29) is 11.5 Å². The van der Waals surface area contributed by atoms with Crippen molar-refractivity contribution in [3.8, 4) is 11.5 Å². The molecule has 1 saturated heterocycles. The molecule has 2 heterocycles. The molecule has 0 aliphatic carbocycles. The maximum absolute atomic E-state index is 6.08. The van der Waals surface area contributed by atoms with Gasteiger partial charge in [-0.2, -0.15) is 0 Å². The number of oxazole rings is 1. The van der Waals surface area contributed by atoms with E-state index in [0.717, 1.165) is 36.8 Å². The molecule has 2 atom stereocenters. The number of aromatic nitrogens is 1. The summed E-state index contributed by atoms with van der Waals surface area (Å²) in [7, 11) is 1.79. The molecular formula is C23H34N4O2. The highest BCUT2D eigenvalue weighted by Crippen LogP contribution is 2.33. The van der Waals surface area contributed by atoms with Crippen LogP contribution in [0.3, 0.4) is 0 Å². The zero-order valence-corrected chi connectivity index (χ0v) is 18.3. The number of hydrogen-bond donors (Lipinski definition) is 2. The van der Waals surface area contributed by atoms with Gasteiger partial charge in [-0.3, -0.25) is 4.99 Å². The van der Waals surface area contributed by atoms with Crippen molar-refractivity contribution >= 4 is 5.96 Å². The Balaban J connectivity index is 1.52. The van der Waals surface area contributed by atoms with Crippen LogP contribution in [0.1, 0.15) is 44.9 Å². The Labute approximate surface area is 174 Å². The van der Waals surface area contributed by atoms with Crippen LogP contribution in [0.15, 0.2) is 39.9 Å². The van der Waals surface area contributed by atoms with Crippen molar-refractivity contribution in [3.05, 3.63) is 41.8 Å². The summed E-state index contributed by atoms with van der Waals surface area (Å²) >= 11 is 0. The van der Waals surface area contributed by atoms with Crippen LogP contribution in [0.5, 0.6) is 0 Å². The van der Waals surface area contributed by atoms with E-state index in [1.807, 2.05) is 12.1 Å². The van der Waals surface area contributed by atoms with Crippen LogP contribution in [0.4, 0.5) is 0 Å². The molecule has 1 aliphatic heterocycles. The minimum Gasteiger partial charge on any atom is -0.444 e. The van der Waals surface area contributed by atoms with Crippen LogP contribution < -0.4 is 10.6 Å². The van der Waals surface area contributed by atoms with E-state index in [4.69, 9.17) is 9.15 Å². The third-order valence-electron chi connectivity index (χ3n) is 5.34. The first-order valence-electron chi connectivity index (χ1n) is 10.4. The number of hydrogen-bond acceptors (Lipinski definition) is 4. The van der Waals surface area contributed by atoms with Gasteiger partial charge < -0.3 is 19.8 Å². The van der Waals surface area contributed by atoms with Gasteiger partial charge >= 0.3 is 0 Å². The third-order valence-corrected chi connectivity index (χ3v) is 5.34. The lowest BCUT2D eigenvalue weighted by Crippen LogP contribution is -2.47. The van der Waals surface area contributed by atoms with Crippen LogP contribution in [-0.4, -0.2) is 37.2 Å². The van der Waals surface area contributed by atoms with Gasteiger partial charge in [-0.05, 0) is 37.3 Å². The van der Waals surface area contributed by atoms with Gasteiger partial charge in [-0.1, -0.05) is 38.5 Å². The third kappa shape index (κ3) is 5.82. The van der Waals surface area contributed by atoms with Gasteiger partial charge in [0.05, 0.1) is 18.3 Å². The van der Waals surface area contributed by atoms with Crippen molar-refractivity contribution < 1.29 is 9.15 Å². The molecule has 1 aromatic heterocycles. The molecule has 0 saturated carbocycles. The highest BCUT2D eigenvalue weighted by Gasteiger charge is 2.35. The summed E-state index contributed by atoms with van der Waals surface area (Å²) in [6.07, 6.45) is 4.25. The first kappa shape index (κ1) is 21.4. The minimum atomic E-state index is 0.136. The zero-order valence-electron chi connectivity index (χ0n) is 18.3. The fourth-order valence-corrected chi connectivity index (χ4v) is 3.85. The largest absolute Gasteiger partial charge is 0.444 e. The number of rotatable bonds is 5. The molecule has 6 nitrogen and oxygen atoms in total. The second-order valence-electron chi connectivity index (χ2n) is 8.88. The molecule has 158 valence electrons. The van der Waals surface area contributed by atoms with E-state index in [1.165, 1.54) is 12.0 Å². The number of benzene rings is 1. The van der Waals surface area contributed by atoms with Gasteiger partial charge in [0.25, 0.3) is 0 Å². The smallest absolute Gasteiger partial charge is 0.226 e. The molecule has 0 radical (unpaired) electrons. The molecule has 1 aromatic carbocycles. The van der Waals surface area contributed by atoms with Crippen LogP contribution in [0.2, 0.25) is 0 Å². The Morgan fingerprint density at radius 2 is 1.97 bits per heavy atom. The normalized spacial score (nSPS) is 20.5. The lowest BCUT2D eigenvalue weighted by molar-refractivity contribution is -0.0835. The number of aliphatic imine (C=N–C) groups is 1. The zero-order chi connectivity index (χ0) is 20.9. The second kappa shape index (κ2) is 9.44. The van der Waals surface area contributed by atoms with Crippen molar-refractivity contribution in [2.45, 2.75) is 53.2 Å². The number of aryl methyl sites for hydroxylation is 1. The lowest BCUT2D eigenvalue weighted by atomic mass is 9.78. The summed E-state index contributed by atoms with van der Waals surface area (Å²) in [4.78, 5) is 8.92. The van der Waals surface area contributed by atoms with E-state index < -0.39 is 0 Å². The van der Waals surface area contributed by atoms with Crippen LogP contribution in [0.25, 0.3) is 11.5 Å².